The molecule has 4 aromatic heterocycles. The summed E-state index contributed by atoms with van der Waals surface area (Å²) in [4.78, 5) is 0. The van der Waals surface area contributed by atoms with Crippen LogP contribution in [0.15, 0.2) is 146 Å². The van der Waals surface area contributed by atoms with Crippen LogP contribution in [0, 0.1) is 45.3 Å². The Morgan fingerprint density at radius 2 is 0.574 bits per heavy atom. The first-order chi connectivity index (χ1) is 61.7. The summed E-state index contributed by atoms with van der Waals surface area (Å²) < 4.78 is 131. The summed E-state index contributed by atoms with van der Waals surface area (Å²) >= 11 is 5.81. The van der Waals surface area contributed by atoms with Gasteiger partial charge in [-0.3, -0.25) is 0 Å². The van der Waals surface area contributed by atoms with Crippen LogP contribution < -0.4 is 37.8 Å². The van der Waals surface area contributed by atoms with E-state index in [2.05, 4.69) is 84.0 Å². The molecular formula is C93H98N16O12S8. The van der Waals surface area contributed by atoms with Crippen LogP contribution in [0.3, 0.4) is 0 Å². The zero-order valence-corrected chi connectivity index (χ0v) is 79.7. The molecule has 0 fully saturated rings. The van der Waals surface area contributed by atoms with Crippen molar-refractivity contribution in [1.29, 1.82) is 21.0 Å². The fourth-order valence-electron chi connectivity index (χ4n) is 15.8. The van der Waals surface area contributed by atoms with Gasteiger partial charge in [-0.15, -0.1) is 40.8 Å². The van der Waals surface area contributed by atoms with Crippen molar-refractivity contribution in [3.63, 3.8) is 0 Å². The number of aromatic nitrogens is 8. The first kappa shape index (κ1) is 95.4. The molecule has 0 spiro atoms. The Labute approximate surface area is 769 Å². The lowest BCUT2D eigenvalue weighted by atomic mass is 10.0. The van der Waals surface area contributed by atoms with Crippen LogP contribution in [0.2, 0.25) is 0 Å². The minimum atomic E-state index is -3.30. The molecule has 16 rings (SSSR count). The van der Waals surface area contributed by atoms with E-state index in [1.165, 1.54) is 51.6 Å². The highest BCUT2D eigenvalue weighted by atomic mass is 32.2. The van der Waals surface area contributed by atoms with Crippen molar-refractivity contribution in [2.24, 2.45) is 0 Å². The summed E-state index contributed by atoms with van der Waals surface area (Å²) in [5.41, 5.74) is 17.4. The number of sulfonamides is 4. The van der Waals surface area contributed by atoms with Gasteiger partial charge in [0.2, 0.25) is 40.1 Å². The normalized spacial score (nSPS) is 15.5. The van der Waals surface area contributed by atoms with Gasteiger partial charge in [0, 0.05) is 68.7 Å². The third kappa shape index (κ3) is 23.5. The van der Waals surface area contributed by atoms with Gasteiger partial charge < -0.3 is 18.9 Å². The Kier molecular flexibility index (Phi) is 30.8. The maximum atomic E-state index is 12.3. The Morgan fingerprint density at radius 3 is 0.791 bits per heavy atom. The van der Waals surface area contributed by atoms with Crippen molar-refractivity contribution in [3.8, 4) is 132 Å². The molecule has 4 atom stereocenters. The monoisotopic (exact) mass is 1890 g/mol. The van der Waals surface area contributed by atoms with Gasteiger partial charge in [0.05, 0.1) is 70.2 Å². The summed E-state index contributed by atoms with van der Waals surface area (Å²) in [5, 5.41) is 79.0. The highest BCUT2D eigenvalue weighted by Crippen LogP contribution is 2.47. The van der Waals surface area contributed by atoms with Gasteiger partial charge >= 0.3 is 0 Å². The molecule has 0 saturated carbocycles. The molecule has 4 heterocycles. The van der Waals surface area contributed by atoms with Gasteiger partial charge in [-0.2, -0.15) is 21.0 Å². The highest BCUT2D eigenvalue weighted by Gasteiger charge is 2.34. The predicted molar refractivity (Wildman–Crippen MR) is 504 cm³/mol. The highest BCUT2D eigenvalue weighted by molar-refractivity contribution is 7.90. The van der Waals surface area contributed by atoms with Crippen LogP contribution in [0.5, 0.6) is 23.0 Å². The van der Waals surface area contributed by atoms with Crippen LogP contribution >= 0.6 is 45.3 Å². The minimum Gasteiger partial charge on any atom is -0.490 e. The minimum absolute atomic E-state index is 0.0210. The lowest BCUT2D eigenvalue weighted by molar-refractivity contribution is 0.241. The van der Waals surface area contributed by atoms with Gasteiger partial charge in [0.25, 0.3) is 0 Å². The number of hydrogen-bond donors (Lipinski definition) is 4. The first-order valence-electron chi connectivity index (χ1n) is 42.3. The molecular weight excluding hydrogens is 1790 g/mol. The largest absolute Gasteiger partial charge is 0.490 e. The van der Waals surface area contributed by atoms with Crippen molar-refractivity contribution in [2.75, 3.05) is 23.5 Å². The molecule has 28 nitrogen and oxygen atoms in total. The first-order valence-corrected chi connectivity index (χ1v) is 52.4. The fourth-order valence-corrected chi connectivity index (χ4v) is 23.6. The smallest absolute Gasteiger partial charge is 0.212 e. The van der Waals surface area contributed by atoms with Gasteiger partial charge in [-0.05, 0) is 244 Å². The van der Waals surface area contributed by atoms with Crippen molar-refractivity contribution in [2.45, 2.75) is 189 Å². The molecule has 36 heteroatoms. The van der Waals surface area contributed by atoms with Crippen LogP contribution in [0.25, 0.3) is 84.6 Å². The fraction of sp³-hybridized carbons (Fsp3) is 0.355. The molecule has 0 radical (unpaired) electrons. The van der Waals surface area contributed by atoms with E-state index in [0.29, 0.717) is 84.5 Å². The second-order valence-electron chi connectivity index (χ2n) is 32.3. The molecule has 8 aromatic carbocycles. The summed E-state index contributed by atoms with van der Waals surface area (Å²) in [6.45, 7) is 20.7. The van der Waals surface area contributed by atoms with Gasteiger partial charge in [-0.1, -0.05) is 132 Å². The predicted octanol–water partition coefficient (Wildman–Crippen LogP) is 18.2. The van der Waals surface area contributed by atoms with Crippen LogP contribution in [-0.4, -0.2) is 122 Å². The quantitative estimate of drug-likeness (QED) is 0.0338. The van der Waals surface area contributed by atoms with Crippen molar-refractivity contribution >= 4 is 85.4 Å². The molecule has 0 unspecified atom stereocenters. The second kappa shape index (κ2) is 41.7. The molecule has 4 N–H and O–H groups in total. The van der Waals surface area contributed by atoms with Crippen molar-refractivity contribution in [1.82, 2.24) is 59.7 Å². The zero-order chi connectivity index (χ0) is 92.2. The molecule has 4 aliphatic carbocycles. The summed E-state index contributed by atoms with van der Waals surface area (Å²) in [6, 6.07) is 53.3. The number of nitrogens with one attached hydrogen (secondary N) is 4. The molecule has 129 heavy (non-hydrogen) atoms. The maximum absolute atomic E-state index is 12.3. The molecule has 0 aliphatic heterocycles. The molecule has 4 aliphatic rings. The number of nitriles is 4. The Morgan fingerprint density at radius 1 is 0.341 bits per heavy atom. The van der Waals surface area contributed by atoms with Crippen molar-refractivity contribution in [3.05, 3.63) is 212 Å². The lowest BCUT2D eigenvalue weighted by Gasteiger charge is -2.14. The summed E-state index contributed by atoms with van der Waals surface area (Å²) in [6.07, 6.45) is 8.25. The standard InChI is InChI=1S/2C24H26N4O3S2.C23H24N4O3S2.C22H22N4O3S2/c2*1-4-12-33(29,30)28-21-10-9-18-19(21)6-5-7-20(18)24-27-26-23(32-24)16-8-11-22(31-15(2)3)17(13-16)14-25;1-4-32(28,29)27-20-10-9-17-18(20)6-5-7-19(17)23-26-25-22(31-23)15-8-11-21(30-14(2)3)16(12-15)13-24;1-13(2)29-20-10-7-14(11-15(20)12-23)21-24-25-22(30-21)18-6-4-5-17-16(18)8-9-19(17)26-31(3,27)28/h2*5-8,11,13,15,21,28H,4,9-10,12H2,1-3H3;5-8,11-12,14,20,27H,4,9-10H2,1-3H3;4-7,10-11,13,19,26H,8-9H2,1-3H3/t2*21-;20-;19-/m1001/s1. The van der Waals surface area contributed by atoms with E-state index in [1.54, 1.807) is 55.5 Å². The number of fused-ring (bicyclic) bond motifs is 4. The number of benzene rings is 8. The molecule has 670 valence electrons. The van der Waals surface area contributed by atoms with E-state index in [9.17, 15) is 54.7 Å². The SMILES string of the molecule is CC(C)Oc1ccc(-c2nnc(-c3cccc4c3CC[C@H]4NS(C)(=O)=O)s2)cc1C#N.CCCS(=O)(=O)N[C@@H]1CCc2c(-c3nnc(-c4ccc(OC(C)C)c(C#N)c4)s3)cccc21.CCCS(=O)(=O)N[C@H]1CCc2c(-c3nnc(-c4ccc(OC(C)C)c(C#N)c4)s3)cccc21.CCS(=O)(=O)N[C@H]1CCc2c(-c3nnc(-c4ccc(OC(C)C)c(C#N)c4)s3)cccc21. The lowest BCUT2D eigenvalue weighted by Crippen LogP contribution is -2.29. The van der Waals surface area contributed by atoms with E-state index < -0.39 is 40.1 Å². The van der Waals surface area contributed by atoms with Gasteiger partial charge in [0.15, 0.2) is 0 Å². The number of rotatable bonds is 29. The van der Waals surface area contributed by atoms with E-state index in [1.807, 2.05) is 166 Å². The third-order valence-corrected chi connectivity index (χ3v) is 30.5. The Hall–Kier alpha value is -11.2. The molecule has 0 saturated heterocycles. The van der Waals surface area contributed by atoms with Crippen LogP contribution in [0.4, 0.5) is 0 Å². The zero-order valence-electron chi connectivity index (χ0n) is 73.2. The van der Waals surface area contributed by atoms with Gasteiger partial charge in [0.1, 0.15) is 87.3 Å². The van der Waals surface area contributed by atoms with Gasteiger partial charge in [-0.25, -0.2) is 52.6 Å². The topological polar surface area (TPSA) is 420 Å². The second-order valence-corrected chi connectivity index (χ2v) is 43.7. The Balaban J connectivity index is 0.000000147. The molecule has 12 aromatic rings. The van der Waals surface area contributed by atoms with E-state index in [4.69, 9.17) is 18.9 Å². The number of hydrogen-bond acceptors (Lipinski definition) is 28. The van der Waals surface area contributed by atoms with E-state index in [-0.39, 0.29) is 65.8 Å². The van der Waals surface area contributed by atoms with Crippen LogP contribution in [-0.2, 0) is 65.8 Å². The maximum Gasteiger partial charge on any atom is 0.212 e. The summed E-state index contributed by atoms with van der Waals surface area (Å²) in [5.74, 6) is 2.53. The third-order valence-electron chi connectivity index (χ3n) is 21.2. The Bertz CT molecular complexity index is 6600. The average molecular weight is 1890 g/mol. The van der Waals surface area contributed by atoms with E-state index >= 15 is 0 Å². The number of nitrogens with zero attached hydrogens (tertiary/aromatic N) is 12. The van der Waals surface area contributed by atoms with E-state index in [0.717, 1.165) is 154 Å². The summed E-state index contributed by atoms with van der Waals surface area (Å²) in [7, 11) is -13.2. The average Bonchev–Trinajstić information content (AvgIpc) is 1.64. The number of ether oxygens (including phenoxy) is 4. The molecule has 0 amide bonds. The van der Waals surface area contributed by atoms with Crippen LogP contribution in [0.1, 0.15) is 206 Å². The molecule has 0 bridgehead atoms. The van der Waals surface area contributed by atoms with Crippen molar-refractivity contribution < 1.29 is 52.6 Å².